The third-order valence-corrected chi connectivity index (χ3v) is 4.51. The van der Waals surface area contributed by atoms with Crippen LogP contribution in [0.25, 0.3) is 0 Å². The predicted octanol–water partition coefficient (Wildman–Crippen LogP) is 4.33. The molecule has 0 spiro atoms. The molecule has 3 heteroatoms. The molecule has 0 fully saturated rings. The maximum Gasteiger partial charge on any atom is 0.124 e. The standard InChI is InChI=1S/C17H23NOS/c1-5-13-9-10-20-17(13)16(18-4)14-11-12(3)7-8-15(14)19-6-2/h7-11,16,18H,5-6H2,1-4H3. The SMILES string of the molecule is CCOc1ccc(C)cc1C(NC)c1sccc1CC. The lowest BCUT2D eigenvalue weighted by atomic mass is 9.99. The summed E-state index contributed by atoms with van der Waals surface area (Å²) in [5.41, 5.74) is 3.91. The van der Waals surface area contributed by atoms with Crippen LogP contribution in [0.4, 0.5) is 0 Å². The Morgan fingerprint density at radius 2 is 2.05 bits per heavy atom. The molecule has 2 nitrogen and oxygen atoms in total. The number of hydrogen-bond acceptors (Lipinski definition) is 3. The molecule has 0 amide bonds. The summed E-state index contributed by atoms with van der Waals surface area (Å²) in [5.74, 6) is 0.980. The van der Waals surface area contributed by atoms with E-state index < -0.39 is 0 Å². The van der Waals surface area contributed by atoms with E-state index in [9.17, 15) is 0 Å². The minimum Gasteiger partial charge on any atom is -0.494 e. The molecule has 1 N–H and O–H groups in total. The first-order valence-corrected chi connectivity index (χ1v) is 8.06. The fraction of sp³-hybridized carbons (Fsp3) is 0.412. The van der Waals surface area contributed by atoms with E-state index in [0.29, 0.717) is 6.61 Å². The molecule has 0 saturated carbocycles. The fourth-order valence-corrected chi connectivity index (χ4v) is 3.62. The van der Waals surface area contributed by atoms with Crippen LogP contribution in [0.3, 0.4) is 0 Å². The average molecular weight is 289 g/mol. The zero-order chi connectivity index (χ0) is 14.5. The van der Waals surface area contributed by atoms with Crippen molar-refractivity contribution < 1.29 is 4.74 Å². The highest BCUT2D eigenvalue weighted by atomic mass is 32.1. The van der Waals surface area contributed by atoms with Gasteiger partial charge in [0.05, 0.1) is 12.6 Å². The van der Waals surface area contributed by atoms with E-state index in [1.165, 1.54) is 21.6 Å². The summed E-state index contributed by atoms with van der Waals surface area (Å²) in [5, 5.41) is 5.63. The third-order valence-electron chi connectivity index (χ3n) is 3.49. The first-order chi connectivity index (χ1) is 9.71. The van der Waals surface area contributed by atoms with Crippen molar-refractivity contribution in [3.05, 3.63) is 51.2 Å². The third kappa shape index (κ3) is 3.05. The number of nitrogens with one attached hydrogen (secondary N) is 1. The highest BCUT2D eigenvalue weighted by molar-refractivity contribution is 7.10. The molecule has 1 aromatic heterocycles. The second kappa shape index (κ2) is 6.91. The van der Waals surface area contributed by atoms with Gasteiger partial charge in [-0.2, -0.15) is 0 Å². The van der Waals surface area contributed by atoms with Crippen molar-refractivity contribution in [3.63, 3.8) is 0 Å². The van der Waals surface area contributed by atoms with E-state index in [2.05, 4.69) is 48.8 Å². The van der Waals surface area contributed by atoms with Crippen molar-refractivity contribution in [3.8, 4) is 5.75 Å². The quantitative estimate of drug-likeness (QED) is 0.855. The van der Waals surface area contributed by atoms with E-state index >= 15 is 0 Å². The molecule has 1 atom stereocenters. The second-order valence-corrected chi connectivity index (χ2v) is 5.81. The van der Waals surface area contributed by atoms with Crippen LogP contribution in [0, 0.1) is 6.92 Å². The van der Waals surface area contributed by atoms with Gasteiger partial charge in [-0.25, -0.2) is 0 Å². The lowest BCUT2D eigenvalue weighted by Gasteiger charge is -2.21. The van der Waals surface area contributed by atoms with Crippen LogP contribution in [-0.2, 0) is 6.42 Å². The number of benzene rings is 1. The molecular weight excluding hydrogens is 266 g/mol. The Kier molecular flexibility index (Phi) is 5.21. The molecule has 0 bridgehead atoms. The fourth-order valence-electron chi connectivity index (χ4n) is 2.50. The average Bonchev–Trinajstić information content (AvgIpc) is 2.91. The summed E-state index contributed by atoms with van der Waals surface area (Å²) < 4.78 is 5.81. The zero-order valence-corrected chi connectivity index (χ0v) is 13.5. The Morgan fingerprint density at radius 3 is 2.70 bits per heavy atom. The van der Waals surface area contributed by atoms with E-state index in [-0.39, 0.29) is 6.04 Å². The van der Waals surface area contributed by atoms with Gasteiger partial charge in [-0.3, -0.25) is 0 Å². The zero-order valence-electron chi connectivity index (χ0n) is 12.7. The molecule has 2 aromatic rings. The summed E-state index contributed by atoms with van der Waals surface area (Å²) in [6.45, 7) is 7.05. The molecule has 108 valence electrons. The van der Waals surface area contributed by atoms with Crippen LogP contribution in [0.2, 0.25) is 0 Å². The van der Waals surface area contributed by atoms with Gasteiger partial charge in [0.1, 0.15) is 5.75 Å². The smallest absolute Gasteiger partial charge is 0.124 e. The Bertz CT molecular complexity index is 562. The highest BCUT2D eigenvalue weighted by Crippen LogP contribution is 2.35. The molecule has 20 heavy (non-hydrogen) atoms. The first kappa shape index (κ1) is 15.1. The normalized spacial score (nSPS) is 12.4. The molecule has 1 heterocycles. The van der Waals surface area contributed by atoms with Crippen molar-refractivity contribution in [1.29, 1.82) is 0 Å². The van der Waals surface area contributed by atoms with Crippen molar-refractivity contribution in [2.24, 2.45) is 0 Å². The van der Waals surface area contributed by atoms with E-state index in [1.807, 2.05) is 25.3 Å². The van der Waals surface area contributed by atoms with Gasteiger partial charge >= 0.3 is 0 Å². The summed E-state index contributed by atoms with van der Waals surface area (Å²) in [6.07, 6.45) is 1.06. The number of ether oxygens (including phenoxy) is 1. The predicted molar refractivity (Wildman–Crippen MR) is 86.9 cm³/mol. The largest absolute Gasteiger partial charge is 0.494 e. The monoisotopic (exact) mass is 289 g/mol. The van der Waals surface area contributed by atoms with E-state index in [1.54, 1.807) is 0 Å². The van der Waals surface area contributed by atoms with Gasteiger partial charge in [-0.15, -0.1) is 11.3 Å². The van der Waals surface area contributed by atoms with Crippen molar-refractivity contribution in [2.45, 2.75) is 33.2 Å². The summed E-state index contributed by atoms with van der Waals surface area (Å²) in [4.78, 5) is 1.39. The van der Waals surface area contributed by atoms with Crippen LogP contribution >= 0.6 is 11.3 Å². The molecule has 0 radical (unpaired) electrons. The Morgan fingerprint density at radius 1 is 1.25 bits per heavy atom. The van der Waals surface area contributed by atoms with Crippen LogP contribution in [0.15, 0.2) is 29.6 Å². The Labute approximate surface area is 125 Å². The molecule has 1 unspecified atom stereocenters. The molecule has 0 saturated heterocycles. The van der Waals surface area contributed by atoms with Gasteiger partial charge in [-0.1, -0.05) is 24.6 Å². The molecule has 0 aliphatic heterocycles. The lowest BCUT2D eigenvalue weighted by Crippen LogP contribution is -2.19. The van der Waals surface area contributed by atoms with Crippen LogP contribution in [0.1, 0.15) is 41.5 Å². The van der Waals surface area contributed by atoms with Crippen molar-refractivity contribution in [1.82, 2.24) is 5.32 Å². The van der Waals surface area contributed by atoms with E-state index in [0.717, 1.165) is 12.2 Å². The number of thiophene rings is 1. The Hall–Kier alpha value is -1.32. The first-order valence-electron chi connectivity index (χ1n) is 7.18. The summed E-state index contributed by atoms with van der Waals surface area (Å²) in [7, 11) is 2.02. The van der Waals surface area contributed by atoms with Gasteiger partial charge in [0, 0.05) is 10.4 Å². The minimum atomic E-state index is 0.200. The van der Waals surface area contributed by atoms with Crippen molar-refractivity contribution in [2.75, 3.05) is 13.7 Å². The highest BCUT2D eigenvalue weighted by Gasteiger charge is 2.20. The minimum absolute atomic E-state index is 0.200. The van der Waals surface area contributed by atoms with Crippen LogP contribution in [0.5, 0.6) is 5.75 Å². The van der Waals surface area contributed by atoms with Gasteiger partial charge < -0.3 is 10.1 Å². The van der Waals surface area contributed by atoms with Crippen LogP contribution in [-0.4, -0.2) is 13.7 Å². The lowest BCUT2D eigenvalue weighted by molar-refractivity contribution is 0.334. The van der Waals surface area contributed by atoms with E-state index in [4.69, 9.17) is 4.74 Å². The maximum atomic E-state index is 5.81. The van der Waals surface area contributed by atoms with Gasteiger partial charge in [0.15, 0.2) is 0 Å². The van der Waals surface area contributed by atoms with Crippen LogP contribution < -0.4 is 10.1 Å². The molecule has 0 aliphatic rings. The number of rotatable bonds is 6. The maximum absolute atomic E-state index is 5.81. The molecule has 1 aromatic carbocycles. The molecule has 0 aliphatic carbocycles. The molecule has 2 rings (SSSR count). The van der Waals surface area contributed by atoms with Crippen molar-refractivity contribution >= 4 is 11.3 Å². The molecular formula is C17H23NOS. The summed E-state index contributed by atoms with van der Waals surface area (Å²) >= 11 is 1.82. The van der Waals surface area contributed by atoms with Gasteiger partial charge in [0.2, 0.25) is 0 Å². The van der Waals surface area contributed by atoms with Gasteiger partial charge in [-0.05, 0) is 50.4 Å². The summed E-state index contributed by atoms with van der Waals surface area (Å²) in [6, 6.07) is 8.84. The number of aryl methyl sites for hydroxylation is 2. The number of hydrogen-bond donors (Lipinski definition) is 1. The second-order valence-electron chi connectivity index (χ2n) is 4.86. The van der Waals surface area contributed by atoms with Gasteiger partial charge in [0.25, 0.3) is 0 Å². The topological polar surface area (TPSA) is 21.3 Å². The Balaban J connectivity index is 2.48.